The van der Waals surface area contributed by atoms with Gasteiger partial charge in [-0.3, -0.25) is 4.99 Å². The molecule has 0 aliphatic carbocycles. The van der Waals surface area contributed by atoms with Gasteiger partial charge in [-0.25, -0.2) is 0 Å². The van der Waals surface area contributed by atoms with Crippen molar-refractivity contribution in [3.8, 4) is 0 Å². The first-order chi connectivity index (χ1) is 7.26. The molecule has 88 valence electrons. The summed E-state index contributed by atoms with van der Waals surface area (Å²) >= 11 is 3.86. The Morgan fingerprint density at radius 1 is 1.47 bits per heavy atom. The second-order valence-electron chi connectivity index (χ2n) is 3.78. The molecule has 1 rings (SSSR count). The molecule has 0 aromatic rings. The van der Waals surface area contributed by atoms with Crippen LogP contribution in [0.3, 0.4) is 0 Å². The Balaban J connectivity index is 2.04. The van der Waals surface area contributed by atoms with E-state index in [1.807, 2.05) is 23.5 Å². The van der Waals surface area contributed by atoms with Gasteiger partial charge in [-0.1, -0.05) is 37.4 Å². The second-order valence-corrected chi connectivity index (χ2v) is 6.13. The summed E-state index contributed by atoms with van der Waals surface area (Å²) in [7, 11) is 0. The quantitative estimate of drug-likeness (QED) is 0.670. The van der Waals surface area contributed by atoms with Crippen molar-refractivity contribution in [2.24, 2.45) is 4.99 Å². The average molecular weight is 246 g/mol. The Kier molecular flexibility index (Phi) is 6.77. The minimum Gasteiger partial charge on any atom is -0.304 e. The maximum atomic E-state index is 4.57. The molecule has 0 aromatic heterocycles. The molecule has 1 aliphatic rings. The lowest BCUT2D eigenvalue weighted by Crippen LogP contribution is -2.24. The highest BCUT2D eigenvalue weighted by molar-refractivity contribution is 8.39. The lowest BCUT2D eigenvalue weighted by atomic mass is 10.4. The molecule has 0 aromatic carbocycles. The molecule has 0 fully saturated rings. The van der Waals surface area contributed by atoms with Crippen molar-refractivity contribution < 1.29 is 0 Å². The summed E-state index contributed by atoms with van der Waals surface area (Å²) in [5.41, 5.74) is 0. The van der Waals surface area contributed by atoms with Crippen molar-refractivity contribution in [2.75, 3.05) is 31.1 Å². The molecule has 2 nitrogen and oxygen atoms in total. The third kappa shape index (κ3) is 5.27. The predicted molar refractivity (Wildman–Crippen MR) is 74.2 cm³/mol. The summed E-state index contributed by atoms with van der Waals surface area (Å²) in [5.74, 6) is 2.40. The molecule has 1 aliphatic heterocycles. The summed E-state index contributed by atoms with van der Waals surface area (Å²) < 4.78 is 1.31. The van der Waals surface area contributed by atoms with Crippen LogP contribution in [-0.2, 0) is 0 Å². The molecule has 0 spiro atoms. The summed E-state index contributed by atoms with van der Waals surface area (Å²) in [6.07, 6.45) is 1.28. The van der Waals surface area contributed by atoms with Crippen LogP contribution < -0.4 is 0 Å². The third-order valence-corrected chi connectivity index (χ3v) is 5.07. The van der Waals surface area contributed by atoms with Crippen LogP contribution >= 0.6 is 23.5 Å². The summed E-state index contributed by atoms with van der Waals surface area (Å²) in [4.78, 5) is 7.05. The highest BCUT2D eigenvalue weighted by Gasteiger charge is 2.13. The molecule has 4 heteroatoms. The van der Waals surface area contributed by atoms with Gasteiger partial charge in [0.2, 0.25) is 0 Å². The van der Waals surface area contributed by atoms with Gasteiger partial charge in [0.05, 0.1) is 6.04 Å². The molecule has 0 bridgehead atoms. The van der Waals surface area contributed by atoms with Crippen molar-refractivity contribution in [3.05, 3.63) is 0 Å². The van der Waals surface area contributed by atoms with Crippen molar-refractivity contribution in [3.63, 3.8) is 0 Å². The van der Waals surface area contributed by atoms with E-state index in [2.05, 4.69) is 30.7 Å². The SMILES string of the molecule is CCN(CC)CCCSC1=N[C@H](C)CS1. The normalized spacial score (nSPS) is 21.1. The fraction of sp³-hybridized carbons (Fsp3) is 0.909. The fourth-order valence-corrected chi connectivity index (χ4v) is 3.72. The molecule has 0 unspecified atom stereocenters. The van der Waals surface area contributed by atoms with E-state index in [1.54, 1.807) is 0 Å². The number of hydrogen-bond donors (Lipinski definition) is 0. The molecule has 0 amide bonds. The molecule has 15 heavy (non-hydrogen) atoms. The van der Waals surface area contributed by atoms with E-state index in [0.717, 1.165) is 0 Å². The Labute approximate surface area is 102 Å². The van der Waals surface area contributed by atoms with Crippen LogP contribution in [0.4, 0.5) is 0 Å². The zero-order chi connectivity index (χ0) is 11.1. The minimum atomic E-state index is 0.542. The molecule has 1 atom stereocenters. The van der Waals surface area contributed by atoms with Crippen LogP contribution in [0.25, 0.3) is 0 Å². The van der Waals surface area contributed by atoms with E-state index in [1.165, 1.54) is 41.9 Å². The van der Waals surface area contributed by atoms with Gasteiger partial charge in [0.15, 0.2) is 0 Å². The van der Waals surface area contributed by atoms with E-state index in [4.69, 9.17) is 0 Å². The van der Waals surface area contributed by atoms with Gasteiger partial charge >= 0.3 is 0 Å². The number of rotatable bonds is 6. The topological polar surface area (TPSA) is 15.6 Å². The maximum absolute atomic E-state index is 4.57. The van der Waals surface area contributed by atoms with E-state index in [0.29, 0.717) is 6.04 Å². The number of thioether (sulfide) groups is 2. The van der Waals surface area contributed by atoms with Crippen LogP contribution in [0.1, 0.15) is 27.2 Å². The monoisotopic (exact) mass is 246 g/mol. The van der Waals surface area contributed by atoms with Crippen molar-refractivity contribution >= 4 is 27.9 Å². The minimum absolute atomic E-state index is 0.542. The molecule has 0 N–H and O–H groups in total. The first-order valence-electron chi connectivity index (χ1n) is 5.82. The van der Waals surface area contributed by atoms with Crippen molar-refractivity contribution in [2.45, 2.75) is 33.2 Å². The van der Waals surface area contributed by atoms with Gasteiger partial charge in [-0.2, -0.15) is 0 Å². The van der Waals surface area contributed by atoms with Gasteiger partial charge < -0.3 is 4.90 Å². The van der Waals surface area contributed by atoms with Crippen LogP contribution in [0, 0.1) is 0 Å². The maximum Gasteiger partial charge on any atom is 0.124 e. The molecule has 1 heterocycles. The molecule has 0 saturated carbocycles. The summed E-state index contributed by atoms with van der Waals surface area (Å²) in [6, 6.07) is 0.542. The first-order valence-corrected chi connectivity index (χ1v) is 7.79. The highest BCUT2D eigenvalue weighted by Crippen LogP contribution is 2.26. The largest absolute Gasteiger partial charge is 0.304 e. The lowest BCUT2D eigenvalue weighted by Gasteiger charge is -2.17. The number of hydrogen-bond acceptors (Lipinski definition) is 4. The number of nitrogens with zero attached hydrogens (tertiary/aromatic N) is 2. The van der Waals surface area contributed by atoms with Crippen LogP contribution in [-0.4, -0.2) is 46.5 Å². The van der Waals surface area contributed by atoms with Crippen LogP contribution in [0.5, 0.6) is 0 Å². The average Bonchev–Trinajstić information content (AvgIpc) is 2.65. The van der Waals surface area contributed by atoms with Gasteiger partial charge in [0.25, 0.3) is 0 Å². The summed E-state index contributed by atoms with van der Waals surface area (Å²) in [5, 5.41) is 0. The first kappa shape index (κ1) is 13.4. The third-order valence-electron chi connectivity index (χ3n) is 2.51. The molecule has 0 saturated heterocycles. The zero-order valence-electron chi connectivity index (χ0n) is 10.0. The lowest BCUT2D eigenvalue weighted by molar-refractivity contribution is 0.305. The van der Waals surface area contributed by atoms with E-state index >= 15 is 0 Å². The van der Waals surface area contributed by atoms with Crippen molar-refractivity contribution in [1.82, 2.24) is 4.90 Å². The second kappa shape index (κ2) is 7.58. The number of aliphatic imine (C=N–C) groups is 1. The van der Waals surface area contributed by atoms with Crippen LogP contribution in [0.15, 0.2) is 4.99 Å². The standard InChI is InChI=1S/C11H22N2S2/c1-4-13(5-2)7-6-8-14-11-12-10(3)9-15-11/h10H,4-9H2,1-3H3/t10-/m1/s1. The molecular formula is C11H22N2S2. The van der Waals surface area contributed by atoms with E-state index < -0.39 is 0 Å². The predicted octanol–water partition coefficient (Wildman–Crippen LogP) is 2.94. The van der Waals surface area contributed by atoms with Gasteiger partial charge in [0.1, 0.15) is 4.38 Å². The zero-order valence-corrected chi connectivity index (χ0v) is 11.7. The fourth-order valence-electron chi connectivity index (χ4n) is 1.51. The Hall–Kier alpha value is 0.330. The Morgan fingerprint density at radius 3 is 2.73 bits per heavy atom. The van der Waals surface area contributed by atoms with Gasteiger partial charge in [0, 0.05) is 11.5 Å². The molecule has 0 radical (unpaired) electrons. The molecular weight excluding hydrogens is 224 g/mol. The smallest absolute Gasteiger partial charge is 0.124 e. The van der Waals surface area contributed by atoms with Crippen LogP contribution in [0.2, 0.25) is 0 Å². The highest BCUT2D eigenvalue weighted by atomic mass is 32.2. The Morgan fingerprint density at radius 2 is 2.20 bits per heavy atom. The summed E-state index contributed by atoms with van der Waals surface area (Å²) in [6.45, 7) is 10.2. The van der Waals surface area contributed by atoms with E-state index in [9.17, 15) is 0 Å². The van der Waals surface area contributed by atoms with Crippen molar-refractivity contribution in [1.29, 1.82) is 0 Å². The Bertz CT molecular complexity index is 203. The van der Waals surface area contributed by atoms with E-state index in [-0.39, 0.29) is 0 Å². The van der Waals surface area contributed by atoms with Gasteiger partial charge in [-0.05, 0) is 33.0 Å². The van der Waals surface area contributed by atoms with Gasteiger partial charge in [-0.15, -0.1) is 0 Å².